The van der Waals surface area contributed by atoms with Gasteiger partial charge in [0, 0.05) is 14.0 Å². The van der Waals surface area contributed by atoms with Gasteiger partial charge in [0.05, 0.1) is 0 Å². The molecule has 0 saturated heterocycles. The molecule has 0 bridgehead atoms. The molecule has 1 amide bonds. The quantitative estimate of drug-likeness (QED) is 0.330. The molecule has 1 aromatic rings. The molecule has 0 aliphatic heterocycles. The van der Waals surface area contributed by atoms with Gasteiger partial charge in [0.25, 0.3) is 0 Å². The molecule has 0 heterocycles. The standard InChI is InChI=1S/C6H6O2.C3H7NO2/c7-5-3-1-2-4-6(5)8;1-3(5)4(2)6/h1-4,7-8H;6H,1-2H3. The number of carbonyl (C=O) groups is 1. The van der Waals surface area contributed by atoms with E-state index in [-0.39, 0.29) is 17.4 Å². The molecule has 0 aromatic heterocycles. The van der Waals surface area contributed by atoms with Crippen LogP contribution in [0.25, 0.3) is 0 Å². The first kappa shape index (κ1) is 12.2. The Morgan fingerprint density at radius 3 is 1.64 bits per heavy atom. The molecule has 14 heavy (non-hydrogen) atoms. The van der Waals surface area contributed by atoms with E-state index in [1.807, 2.05) is 0 Å². The fourth-order valence-corrected chi connectivity index (χ4v) is 0.464. The molecule has 0 radical (unpaired) electrons. The Bertz CT molecular complexity index is 278. The van der Waals surface area contributed by atoms with Gasteiger partial charge < -0.3 is 10.2 Å². The van der Waals surface area contributed by atoms with Crippen LogP contribution in [0.5, 0.6) is 11.5 Å². The Labute approximate surface area is 81.8 Å². The Balaban J connectivity index is 0.000000255. The SMILES string of the molecule is CC(=O)N(C)O.Oc1ccccc1O. The van der Waals surface area contributed by atoms with Crippen LogP contribution in [0.3, 0.4) is 0 Å². The summed E-state index contributed by atoms with van der Waals surface area (Å²) in [5.74, 6) is -0.505. The third-order valence-electron chi connectivity index (χ3n) is 1.34. The first-order chi connectivity index (χ1) is 6.45. The lowest BCUT2D eigenvalue weighted by molar-refractivity contribution is -0.156. The highest BCUT2D eigenvalue weighted by Gasteiger charge is 1.90. The average molecular weight is 199 g/mol. The zero-order valence-corrected chi connectivity index (χ0v) is 8.01. The first-order valence-electron chi connectivity index (χ1n) is 3.85. The number of carbonyl (C=O) groups excluding carboxylic acids is 1. The van der Waals surface area contributed by atoms with E-state index < -0.39 is 0 Å². The molecule has 0 aliphatic rings. The molecule has 0 atom stereocenters. The summed E-state index contributed by atoms with van der Waals surface area (Å²) in [6.07, 6.45) is 0. The van der Waals surface area contributed by atoms with E-state index in [0.29, 0.717) is 5.06 Å². The maximum atomic E-state index is 9.82. The lowest BCUT2D eigenvalue weighted by Crippen LogP contribution is -2.17. The number of rotatable bonds is 0. The molecule has 3 N–H and O–H groups in total. The minimum atomic E-state index is -0.352. The minimum absolute atomic E-state index is 0.0764. The van der Waals surface area contributed by atoms with Crippen LogP contribution in [-0.2, 0) is 4.79 Å². The van der Waals surface area contributed by atoms with E-state index in [9.17, 15) is 4.79 Å². The van der Waals surface area contributed by atoms with Crippen molar-refractivity contribution < 1.29 is 20.2 Å². The van der Waals surface area contributed by atoms with Gasteiger partial charge in [0.15, 0.2) is 11.5 Å². The lowest BCUT2D eigenvalue weighted by atomic mass is 10.3. The Morgan fingerprint density at radius 1 is 1.21 bits per heavy atom. The highest BCUT2D eigenvalue weighted by molar-refractivity contribution is 5.71. The van der Waals surface area contributed by atoms with E-state index in [0.717, 1.165) is 0 Å². The molecule has 0 unspecified atom stereocenters. The van der Waals surface area contributed by atoms with Gasteiger partial charge in [-0.3, -0.25) is 10.0 Å². The third-order valence-corrected chi connectivity index (χ3v) is 1.34. The summed E-state index contributed by atoms with van der Waals surface area (Å²) in [6, 6.07) is 6.15. The molecule has 1 aromatic carbocycles. The monoisotopic (exact) mass is 199 g/mol. The van der Waals surface area contributed by atoms with Crippen molar-refractivity contribution in [2.45, 2.75) is 6.92 Å². The number of aromatic hydroxyl groups is 2. The van der Waals surface area contributed by atoms with E-state index >= 15 is 0 Å². The number of phenolic OH excluding ortho intramolecular Hbond substituents is 2. The third kappa shape index (κ3) is 5.00. The number of hydrogen-bond donors (Lipinski definition) is 3. The largest absolute Gasteiger partial charge is 0.504 e. The van der Waals surface area contributed by atoms with Gasteiger partial charge in [-0.15, -0.1) is 0 Å². The van der Waals surface area contributed by atoms with E-state index in [4.69, 9.17) is 15.4 Å². The Kier molecular flexibility index (Phi) is 5.09. The Hall–Kier alpha value is -1.75. The maximum absolute atomic E-state index is 9.82. The smallest absolute Gasteiger partial charge is 0.242 e. The van der Waals surface area contributed by atoms with Crippen LogP contribution in [-0.4, -0.2) is 33.4 Å². The highest BCUT2D eigenvalue weighted by atomic mass is 16.5. The second-order valence-corrected chi connectivity index (χ2v) is 2.53. The molecule has 5 nitrogen and oxygen atoms in total. The first-order valence-corrected chi connectivity index (χ1v) is 3.85. The van der Waals surface area contributed by atoms with Gasteiger partial charge in [0.1, 0.15) is 0 Å². The van der Waals surface area contributed by atoms with Crippen molar-refractivity contribution in [1.82, 2.24) is 5.06 Å². The zero-order chi connectivity index (χ0) is 11.1. The van der Waals surface area contributed by atoms with Crippen molar-refractivity contribution in [1.29, 1.82) is 0 Å². The lowest BCUT2D eigenvalue weighted by Gasteiger charge is -1.99. The van der Waals surface area contributed by atoms with Crippen LogP contribution in [0.2, 0.25) is 0 Å². The van der Waals surface area contributed by atoms with Crippen molar-refractivity contribution in [3.63, 3.8) is 0 Å². The number of para-hydroxylation sites is 2. The molecule has 0 aliphatic carbocycles. The topological polar surface area (TPSA) is 81.0 Å². The molecular weight excluding hydrogens is 186 g/mol. The summed E-state index contributed by atoms with van der Waals surface area (Å²) in [4.78, 5) is 9.82. The van der Waals surface area contributed by atoms with Crippen LogP contribution >= 0.6 is 0 Å². The van der Waals surface area contributed by atoms with Crippen molar-refractivity contribution in [3.05, 3.63) is 24.3 Å². The molecular formula is C9H13NO4. The summed E-state index contributed by atoms with van der Waals surface area (Å²) in [5, 5.41) is 26.0. The molecule has 0 saturated carbocycles. The van der Waals surface area contributed by atoms with E-state index in [2.05, 4.69) is 0 Å². The van der Waals surface area contributed by atoms with E-state index in [1.165, 1.54) is 26.1 Å². The fraction of sp³-hybridized carbons (Fsp3) is 0.222. The number of hydroxylamine groups is 2. The maximum Gasteiger partial charge on any atom is 0.242 e. The van der Waals surface area contributed by atoms with Gasteiger partial charge in [0.2, 0.25) is 5.91 Å². The second kappa shape index (κ2) is 5.82. The summed E-state index contributed by atoms with van der Waals surface area (Å²) in [5.41, 5.74) is 0. The highest BCUT2D eigenvalue weighted by Crippen LogP contribution is 2.21. The fourth-order valence-electron chi connectivity index (χ4n) is 0.464. The second-order valence-electron chi connectivity index (χ2n) is 2.53. The summed E-state index contributed by atoms with van der Waals surface area (Å²) < 4.78 is 0. The number of benzene rings is 1. The van der Waals surface area contributed by atoms with Crippen molar-refractivity contribution in [2.24, 2.45) is 0 Å². The van der Waals surface area contributed by atoms with Gasteiger partial charge in [-0.2, -0.15) is 0 Å². The van der Waals surface area contributed by atoms with Gasteiger partial charge in [-0.1, -0.05) is 12.1 Å². The Morgan fingerprint density at radius 2 is 1.50 bits per heavy atom. The molecule has 5 heteroatoms. The van der Waals surface area contributed by atoms with Crippen LogP contribution in [0.1, 0.15) is 6.92 Å². The van der Waals surface area contributed by atoms with Crippen molar-refractivity contribution >= 4 is 5.91 Å². The van der Waals surface area contributed by atoms with Gasteiger partial charge >= 0.3 is 0 Å². The molecule has 1 rings (SSSR count). The molecule has 0 spiro atoms. The zero-order valence-electron chi connectivity index (χ0n) is 8.01. The molecule has 0 fully saturated rings. The summed E-state index contributed by atoms with van der Waals surface area (Å²) in [7, 11) is 1.28. The number of nitrogens with zero attached hydrogens (tertiary/aromatic N) is 1. The van der Waals surface area contributed by atoms with E-state index in [1.54, 1.807) is 12.1 Å². The van der Waals surface area contributed by atoms with Crippen LogP contribution in [0.15, 0.2) is 24.3 Å². The van der Waals surface area contributed by atoms with Gasteiger partial charge in [-0.05, 0) is 12.1 Å². The number of hydrogen-bond acceptors (Lipinski definition) is 4. The average Bonchev–Trinajstić information content (AvgIpc) is 2.11. The van der Waals surface area contributed by atoms with Crippen LogP contribution in [0, 0.1) is 0 Å². The molecule has 78 valence electrons. The van der Waals surface area contributed by atoms with Crippen LogP contribution < -0.4 is 0 Å². The van der Waals surface area contributed by atoms with Crippen LogP contribution in [0.4, 0.5) is 0 Å². The van der Waals surface area contributed by atoms with Crippen molar-refractivity contribution in [2.75, 3.05) is 7.05 Å². The predicted molar refractivity (Wildman–Crippen MR) is 50.0 cm³/mol. The predicted octanol–water partition coefficient (Wildman–Crippen LogP) is 0.952. The number of phenols is 2. The van der Waals surface area contributed by atoms with Gasteiger partial charge in [-0.25, -0.2) is 5.06 Å². The summed E-state index contributed by atoms with van der Waals surface area (Å²) in [6.45, 7) is 1.28. The number of amides is 1. The van der Waals surface area contributed by atoms with Crippen molar-refractivity contribution in [3.8, 4) is 11.5 Å². The summed E-state index contributed by atoms with van der Waals surface area (Å²) >= 11 is 0. The normalized spacial score (nSPS) is 8.50. The minimum Gasteiger partial charge on any atom is -0.504 e.